The van der Waals surface area contributed by atoms with Crippen molar-refractivity contribution in [1.29, 1.82) is 5.26 Å². The Balaban J connectivity index is 2.10. The number of halogens is 1. The van der Waals surface area contributed by atoms with E-state index < -0.39 is 0 Å². The van der Waals surface area contributed by atoms with E-state index in [1.54, 1.807) is 12.4 Å². The van der Waals surface area contributed by atoms with Crippen molar-refractivity contribution >= 4 is 21.6 Å². The molecular formula is C13H14BrN5. The first-order chi connectivity index (χ1) is 9.24. The summed E-state index contributed by atoms with van der Waals surface area (Å²) < 4.78 is 2.77. The summed E-state index contributed by atoms with van der Waals surface area (Å²) in [5, 5.41) is 16.5. The third-order valence-electron chi connectivity index (χ3n) is 2.67. The Kier molecular flexibility index (Phi) is 4.53. The lowest BCUT2D eigenvalue weighted by atomic mass is 10.2. The summed E-state index contributed by atoms with van der Waals surface area (Å²) in [4.78, 5) is 4.22. The predicted molar refractivity (Wildman–Crippen MR) is 76.5 cm³/mol. The fourth-order valence-electron chi connectivity index (χ4n) is 1.76. The second kappa shape index (κ2) is 6.34. The third-order valence-corrected chi connectivity index (χ3v) is 3.16. The lowest BCUT2D eigenvalue weighted by Crippen LogP contribution is -2.10. The van der Waals surface area contributed by atoms with Gasteiger partial charge in [0, 0.05) is 11.0 Å². The molecule has 0 unspecified atom stereocenters. The number of anilines is 1. The normalized spacial score (nSPS) is 10.2. The molecule has 0 saturated heterocycles. The summed E-state index contributed by atoms with van der Waals surface area (Å²) in [6.07, 6.45) is 2.57. The summed E-state index contributed by atoms with van der Waals surface area (Å²) in [7, 11) is 0. The number of aromatic nitrogens is 3. The maximum absolute atomic E-state index is 9.09. The zero-order valence-electron chi connectivity index (χ0n) is 10.6. The van der Waals surface area contributed by atoms with Gasteiger partial charge in [-0.2, -0.15) is 10.4 Å². The van der Waals surface area contributed by atoms with E-state index >= 15 is 0 Å². The van der Waals surface area contributed by atoms with Crippen LogP contribution < -0.4 is 5.32 Å². The maximum atomic E-state index is 9.09. The highest BCUT2D eigenvalue weighted by atomic mass is 79.9. The van der Waals surface area contributed by atoms with Crippen molar-refractivity contribution in [2.24, 2.45) is 0 Å². The molecule has 0 aliphatic heterocycles. The number of aryl methyl sites for hydroxylation is 1. The molecule has 1 heterocycles. The number of nitriles is 1. The van der Waals surface area contributed by atoms with Gasteiger partial charge in [-0.3, -0.25) is 0 Å². The number of nitrogens with one attached hydrogen (secondary N) is 1. The average Bonchev–Trinajstić information content (AvgIpc) is 2.85. The molecule has 1 aromatic heterocycles. The lowest BCUT2D eigenvalue weighted by Gasteiger charge is -2.09. The molecule has 2 rings (SSSR count). The quantitative estimate of drug-likeness (QED) is 0.920. The Morgan fingerprint density at radius 3 is 3.05 bits per heavy atom. The van der Waals surface area contributed by atoms with Gasteiger partial charge < -0.3 is 5.32 Å². The van der Waals surface area contributed by atoms with Gasteiger partial charge in [0.15, 0.2) is 0 Å². The maximum Gasteiger partial charge on any atom is 0.146 e. The molecule has 0 atom stereocenters. The average molecular weight is 320 g/mol. The predicted octanol–water partition coefficient (Wildman–Crippen LogP) is 2.93. The van der Waals surface area contributed by atoms with E-state index in [0.717, 1.165) is 29.0 Å². The van der Waals surface area contributed by atoms with E-state index in [2.05, 4.69) is 44.3 Å². The minimum Gasteiger partial charge on any atom is -0.377 e. The first-order valence-corrected chi connectivity index (χ1v) is 6.84. The van der Waals surface area contributed by atoms with Gasteiger partial charge >= 0.3 is 0 Å². The first kappa shape index (κ1) is 13.6. The van der Waals surface area contributed by atoms with Crippen LogP contribution in [0.4, 0.5) is 5.69 Å². The van der Waals surface area contributed by atoms with Crippen LogP contribution in [0.1, 0.15) is 24.7 Å². The summed E-state index contributed by atoms with van der Waals surface area (Å²) in [5.74, 6) is 0.869. The van der Waals surface area contributed by atoms with Crippen molar-refractivity contribution < 1.29 is 0 Å². The molecule has 0 radical (unpaired) electrons. The largest absolute Gasteiger partial charge is 0.377 e. The zero-order chi connectivity index (χ0) is 13.7. The SMILES string of the molecule is CCCn1ncnc1CNc1ccc(Br)cc1C#N. The number of hydrogen-bond acceptors (Lipinski definition) is 4. The van der Waals surface area contributed by atoms with Crippen molar-refractivity contribution in [2.45, 2.75) is 26.4 Å². The topological polar surface area (TPSA) is 66.5 Å². The van der Waals surface area contributed by atoms with Crippen molar-refractivity contribution in [1.82, 2.24) is 14.8 Å². The van der Waals surface area contributed by atoms with Crippen LogP contribution in [0.3, 0.4) is 0 Å². The van der Waals surface area contributed by atoms with Gasteiger partial charge in [0.2, 0.25) is 0 Å². The fourth-order valence-corrected chi connectivity index (χ4v) is 2.12. The summed E-state index contributed by atoms with van der Waals surface area (Å²) in [6, 6.07) is 7.74. The Bertz CT molecular complexity index is 599. The molecule has 5 nitrogen and oxygen atoms in total. The van der Waals surface area contributed by atoms with Crippen LogP contribution in [0.5, 0.6) is 0 Å². The highest BCUT2D eigenvalue weighted by Crippen LogP contribution is 2.20. The molecule has 0 fully saturated rings. The van der Waals surface area contributed by atoms with Gasteiger partial charge in [-0.05, 0) is 24.6 Å². The molecule has 0 bridgehead atoms. The fraction of sp³-hybridized carbons (Fsp3) is 0.308. The molecule has 0 aliphatic rings. The minimum atomic E-state index is 0.552. The Labute approximate surface area is 120 Å². The molecule has 0 saturated carbocycles. The molecule has 1 N–H and O–H groups in total. The van der Waals surface area contributed by atoms with Crippen LogP contribution in [-0.2, 0) is 13.1 Å². The zero-order valence-corrected chi connectivity index (χ0v) is 12.2. The van der Waals surface area contributed by atoms with E-state index in [9.17, 15) is 0 Å². The standard InChI is InChI=1S/C13H14BrN5/c1-2-5-19-13(17-9-18-19)8-16-12-4-3-11(14)6-10(12)7-15/h3-4,6,9,16H,2,5,8H2,1H3. The van der Waals surface area contributed by atoms with E-state index in [-0.39, 0.29) is 0 Å². The van der Waals surface area contributed by atoms with Crippen LogP contribution >= 0.6 is 15.9 Å². The molecule has 19 heavy (non-hydrogen) atoms. The molecule has 2 aromatic rings. The molecule has 0 aliphatic carbocycles. The summed E-state index contributed by atoms with van der Waals surface area (Å²) >= 11 is 3.35. The van der Waals surface area contributed by atoms with Crippen molar-refractivity contribution in [3.8, 4) is 6.07 Å². The molecule has 6 heteroatoms. The highest BCUT2D eigenvalue weighted by molar-refractivity contribution is 9.10. The van der Waals surface area contributed by atoms with Gasteiger partial charge in [-0.25, -0.2) is 9.67 Å². The Morgan fingerprint density at radius 2 is 2.32 bits per heavy atom. The van der Waals surface area contributed by atoms with Gasteiger partial charge in [0.05, 0.1) is 17.8 Å². The Morgan fingerprint density at radius 1 is 1.47 bits per heavy atom. The van der Waals surface area contributed by atoms with Gasteiger partial charge in [-0.15, -0.1) is 0 Å². The van der Waals surface area contributed by atoms with Gasteiger partial charge in [-0.1, -0.05) is 22.9 Å². The molecular weight excluding hydrogens is 306 g/mol. The van der Waals surface area contributed by atoms with Crippen LogP contribution in [0.15, 0.2) is 29.0 Å². The highest BCUT2D eigenvalue weighted by Gasteiger charge is 2.06. The van der Waals surface area contributed by atoms with E-state index in [1.807, 2.05) is 16.8 Å². The summed E-state index contributed by atoms with van der Waals surface area (Å²) in [5.41, 5.74) is 1.41. The molecule has 1 aromatic carbocycles. The second-order valence-electron chi connectivity index (χ2n) is 4.05. The molecule has 98 valence electrons. The van der Waals surface area contributed by atoms with Crippen LogP contribution in [0.25, 0.3) is 0 Å². The minimum absolute atomic E-state index is 0.552. The second-order valence-corrected chi connectivity index (χ2v) is 4.97. The third kappa shape index (κ3) is 3.32. The first-order valence-electron chi connectivity index (χ1n) is 6.04. The smallest absolute Gasteiger partial charge is 0.146 e. The van der Waals surface area contributed by atoms with Gasteiger partial charge in [0.25, 0.3) is 0 Å². The van der Waals surface area contributed by atoms with Crippen molar-refractivity contribution in [3.63, 3.8) is 0 Å². The number of benzene rings is 1. The van der Waals surface area contributed by atoms with Crippen LogP contribution in [0, 0.1) is 11.3 Å². The molecule has 0 amide bonds. The lowest BCUT2D eigenvalue weighted by molar-refractivity contribution is 0.574. The monoisotopic (exact) mass is 319 g/mol. The van der Waals surface area contributed by atoms with Crippen molar-refractivity contribution in [3.05, 3.63) is 40.4 Å². The van der Waals surface area contributed by atoms with Crippen LogP contribution in [0.2, 0.25) is 0 Å². The van der Waals surface area contributed by atoms with Crippen molar-refractivity contribution in [2.75, 3.05) is 5.32 Å². The number of nitrogens with zero attached hydrogens (tertiary/aromatic N) is 4. The van der Waals surface area contributed by atoms with Gasteiger partial charge in [0.1, 0.15) is 18.2 Å². The number of hydrogen-bond donors (Lipinski definition) is 1. The van der Waals surface area contributed by atoms with E-state index in [0.29, 0.717) is 12.1 Å². The van der Waals surface area contributed by atoms with Crippen LogP contribution in [-0.4, -0.2) is 14.8 Å². The number of rotatable bonds is 5. The molecule has 0 spiro atoms. The summed E-state index contributed by atoms with van der Waals surface area (Å²) in [6.45, 7) is 3.50. The Hall–Kier alpha value is -1.87. The van der Waals surface area contributed by atoms with E-state index in [1.165, 1.54) is 0 Å². The van der Waals surface area contributed by atoms with E-state index in [4.69, 9.17) is 5.26 Å².